The van der Waals surface area contributed by atoms with E-state index >= 15 is 0 Å². The summed E-state index contributed by atoms with van der Waals surface area (Å²) in [6.07, 6.45) is 0.490. The third kappa shape index (κ3) is 3.04. The molecule has 0 saturated heterocycles. The lowest BCUT2D eigenvalue weighted by Gasteiger charge is -2.21. The molecular weight excluding hydrogens is 219 g/mol. The summed E-state index contributed by atoms with van der Waals surface area (Å²) >= 11 is 0. The monoisotopic (exact) mass is 234 g/mol. The third-order valence-electron chi connectivity index (χ3n) is 2.79. The van der Waals surface area contributed by atoms with Gasteiger partial charge in [0, 0.05) is 5.56 Å². The maximum atomic E-state index is 13.1. The molecule has 0 aliphatic rings. The first-order valence-electron chi connectivity index (χ1n) is 5.42. The molecule has 1 rings (SSSR count). The van der Waals surface area contributed by atoms with E-state index in [2.05, 4.69) is 5.32 Å². The van der Waals surface area contributed by atoms with Crippen LogP contribution in [0.3, 0.4) is 0 Å². The Labute approximate surface area is 100 Å². The van der Waals surface area contributed by atoms with E-state index in [4.69, 9.17) is 5.26 Å². The van der Waals surface area contributed by atoms with Crippen molar-refractivity contribution in [1.29, 1.82) is 5.26 Å². The lowest BCUT2D eigenvalue weighted by Crippen LogP contribution is -2.44. The number of halogens is 1. The van der Waals surface area contributed by atoms with E-state index in [1.807, 2.05) is 13.0 Å². The number of rotatable bonds is 3. The minimum absolute atomic E-state index is 0.264. The van der Waals surface area contributed by atoms with Crippen molar-refractivity contribution in [3.05, 3.63) is 35.1 Å². The molecule has 17 heavy (non-hydrogen) atoms. The van der Waals surface area contributed by atoms with Gasteiger partial charge < -0.3 is 5.32 Å². The lowest BCUT2D eigenvalue weighted by atomic mass is 9.99. The molecule has 4 heteroatoms. The largest absolute Gasteiger partial charge is 0.334 e. The molecule has 1 unspecified atom stereocenters. The number of aryl methyl sites for hydroxylation is 1. The molecule has 1 amide bonds. The zero-order valence-corrected chi connectivity index (χ0v) is 10.2. The molecule has 3 nitrogen and oxygen atoms in total. The fourth-order valence-corrected chi connectivity index (χ4v) is 1.35. The van der Waals surface area contributed by atoms with Crippen molar-refractivity contribution in [1.82, 2.24) is 5.32 Å². The molecule has 0 aliphatic heterocycles. The van der Waals surface area contributed by atoms with Crippen molar-refractivity contribution in [2.75, 3.05) is 0 Å². The Morgan fingerprint density at radius 2 is 2.24 bits per heavy atom. The van der Waals surface area contributed by atoms with E-state index in [1.165, 1.54) is 12.1 Å². The molecule has 0 aliphatic carbocycles. The first kappa shape index (κ1) is 13.2. The minimum atomic E-state index is -0.921. The highest BCUT2D eigenvalue weighted by molar-refractivity contribution is 5.96. The molecule has 0 radical (unpaired) electrons. The first-order valence-corrected chi connectivity index (χ1v) is 5.42. The van der Waals surface area contributed by atoms with Crippen LogP contribution in [0.4, 0.5) is 4.39 Å². The van der Waals surface area contributed by atoms with Crippen molar-refractivity contribution >= 4 is 5.91 Å². The standard InChI is InChI=1S/C13H15FN2O/c1-4-13(3,8-15)16-12(17)11-7-10(14)6-5-9(11)2/h5-7H,4H2,1-3H3,(H,16,17). The first-order chi connectivity index (χ1) is 7.91. The summed E-state index contributed by atoms with van der Waals surface area (Å²) in [5.41, 5.74) is 0.0239. The summed E-state index contributed by atoms with van der Waals surface area (Å²) in [7, 11) is 0. The Balaban J connectivity index is 2.99. The maximum absolute atomic E-state index is 13.1. The summed E-state index contributed by atoms with van der Waals surface area (Å²) in [6, 6.07) is 6.06. The Morgan fingerprint density at radius 3 is 2.76 bits per heavy atom. The number of hydrogen-bond donors (Lipinski definition) is 1. The molecule has 0 bridgehead atoms. The predicted molar refractivity (Wildman–Crippen MR) is 62.9 cm³/mol. The van der Waals surface area contributed by atoms with Crippen LogP contribution in [-0.4, -0.2) is 11.4 Å². The van der Waals surface area contributed by atoms with Gasteiger partial charge in [-0.05, 0) is 38.0 Å². The number of nitrogens with one attached hydrogen (secondary N) is 1. The molecule has 1 N–H and O–H groups in total. The van der Waals surface area contributed by atoms with Gasteiger partial charge in [0.1, 0.15) is 11.4 Å². The third-order valence-corrected chi connectivity index (χ3v) is 2.79. The molecule has 1 aromatic carbocycles. The van der Waals surface area contributed by atoms with Gasteiger partial charge in [0.2, 0.25) is 0 Å². The van der Waals surface area contributed by atoms with Crippen LogP contribution >= 0.6 is 0 Å². The zero-order valence-electron chi connectivity index (χ0n) is 10.2. The Morgan fingerprint density at radius 1 is 1.59 bits per heavy atom. The van der Waals surface area contributed by atoms with Gasteiger partial charge in [-0.2, -0.15) is 5.26 Å². The van der Waals surface area contributed by atoms with E-state index in [0.717, 1.165) is 0 Å². The fraction of sp³-hybridized carbons (Fsp3) is 0.385. The van der Waals surface area contributed by atoms with Crippen molar-refractivity contribution in [2.24, 2.45) is 0 Å². The average Bonchev–Trinajstić information content (AvgIpc) is 2.32. The number of amides is 1. The van der Waals surface area contributed by atoms with Gasteiger partial charge in [-0.15, -0.1) is 0 Å². The summed E-state index contributed by atoms with van der Waals surface area (Å²) in [5.74, 6) is -0.885. The molecule has 1 aromatic rings. The Hall–Kier alpha value is -1.89. The second kappa shape index (κ2) is 4.96. The van der Waals surface area contributed by atoms with Gasteiger partial charge in [0.05, 0.1) is 6.07 Å². The molecule has 0 saturated carbocycles. The van der Waals surface area contributed by atoms with Crippen LogP contribution in [0.15, 0.2) is 18.2 Å². The van der Waals surface area contributed by atoms with Crippen LogP contribution < -0.4 is 5.32 Å². The van der Waals surface area contributed by atoms with E-state index in [9.17, 15) is 9.18 Å². The summed E-state index contributed by atoms with van der Waals surface area (Å²) < 4.78 is 13.1. The fourth-order valence-electron chi connectivity index (χ4n) is 1.35. The maximum Gasteiger partial charge on any atom is 0.252 e. The SMILES string of the molecule is CCC(C)(C#N)NC(=O)c1cc(F)ccc1C. The van der Waals surface area contributed by atoms with Gasteiger partial charge >= 0.3 is 0 Å². The van der Waals surface area contributed by atoms with Gasteiger partial charge in [-0.25, -0.2) is 4.39 Å². The Bertz CT molecular complexity index is 479. The molecule has 0 aromatic heterocycles. The van der Waals surface area contributed by atoms with Crippen LogP contribution in [-0.2, 0) is 0 Å². The predicted octanol–water partition coefficient (Wildman–Crippen LogP) is 2.56. The van der Waals surface area contributed by atoms with Crippen molar-refractivity contribution in [3.63, 3.8) is 0 Å². The second-order valence-electron chi connectivity index (χ2n) is 4.21. The smallest absolute Gasteiger partial charge is 0.252 e. The second-order valence-corrected chi connectivity index (χ2v) is 4.21. The Kier molecular flexibility index (Phi) is 3.84. The molecule has 0 spiro atoms. The van der Waals surface area contributed by atoms with Gasteiger partial charge in [0.15, 0.2) is 0 Å². The highest BCUT2D eigenvalue weighted by Gasteiger charge is 2.24. The average molecular weight is 234 g/mol. The van der Waals surface area contributed by atoms with Crippen LogP contribution in [0, 0.1) is 24.1 Å². The van der Waals surface area contributed by atoms with Gasteiger partial charge in [-0.3, -0.25) is 4.79 Å². The summed E-state index contributed by atoms with van der Waals surface area (Å²) in [6.45, 7) is 5.17. The van der Waals surface area contributed by atoms with Crippen LogP contribution in [0.25, 0.3) is 0 Å². The molecule has 0 heterocycles. The van der Waals surface area contributed by atoms with Crippen molar-refractivity contribution in [3.8, 4) is 6.07 Å². The normalized spacial score (nSPS) is 13.6. The van der Waals surface area contributed by atoms with Crippen molar-refractivity contribution in [2.45, 2.75) is 32.7 Å². The molecule has 0 fully saturated rings. The van der Waals surface area contributed by atoms with Gasteiger partial charge in [-0.1, -0.05) is 13.0 Å². The number of carbonyl (C=O) groups excluding carboxylic acids is 1. The molecule has 90 valence electrons. The minimum Gasteiger partial charge on any atom is -0.334 e. The van der Waals surface area contributed by atoms with Crippen molar-refractivity contribution < 1.29 is 9.18 Å². The number of nitriles is 1. The van der Waals surface area contributed by atoms with Crippen LogP contribution in [0.1, 0.15) is 36.2 Å². The van der Waals surface area contributed by atoms with Gasteiger partial charge in [0.25, 0.3) is 5.91 Å². The number of benzene rings is 1. The topological polar surface area (TPSA) is 52.9 Å². The van der Waals surface area contributed by atoms with Crippen LogP contribution in [0.5, 0.6) is 0 Å². The highest BCUT2D eigenvalue weighted by atomic mass is 19.1. The van der Waals surface area contributed by atoms with E-state index in [-0.39, 0.29) is 5.56 Å². The summed E-state index contributed by atoms with van der Waals surface area (Å²) in [4.78, 5) is 11.9. The lowest BCUT2D eigenvalue weighted by molar-refractivity contribution is 0.0922. The highest BCUT2D eigenvalue weighted by Crippen LogP contribution is 2.13. The molecular formula is C13H15FN2O. The zero-order chi connectivity index (χ0) is 13.1. The van der Waals surface area contributed by atoms with Crippen LogP contribution in [0.2, 0.25) is 0 Å². The number of hydrogen-bond acceptors (Lipinski definition) is 2. The van der Waals surface area contributed by atoms with E-state index < -0.39 is 17.3 Å². The molecule has 1 atom stereocenters. The summed E-state index contributed by atoms with van der Waals surface area (Å²) in [5, 5.41) is 11.6. The van der Waals surface area contributed by atoms with E-state index in [0.29, 0.717) is 12.0 Å². The quantitative estimate of drug-likeness (QED) is 0.873. The number of nitrogens with zero attached hydrogens (tertiary/aromatic N) is 1. The number of carbonyl (C=O) groups is 1. The van der Waals surface area contributed by atoms with E-state index in [1.54, 1.807) is 19.9 Å².